The lowest BCUT2D eigenvalue weighted by molar-refractivity contribution is -0.156. The third-order valence-corrected chi connectivity index (χ3v) is 4.39. The van der Waals surface area contributed by atoms with Gasteiger partial charge in [-0.25, -0.2) is 4.68 Å². The molecule has 3 heterocycles. The third-order valence-electron chi connectivity index (χ3n) is 4.03. The third kappa shape index (κ3) is 2.37. The van der Waals surface area contributed by atoms with Crippen LogP contribution >= 0.6 is 12.2 Å². The second-order valence-corrected chi connectivity index (χ2v) is 5.76. The Morgan fingerprint density at radius 1 is 1.39 bits per heavy atom. The molecule has 0 aliphatic carbocycles. The normalized spacial score (nSPS) is 26.5. The Morgan fingerprint density at radius 3 is 3.09 bits per heavy atom. The number of carbonyl (C=O) groups is 1. The highest BCUT2D eigenvalue weighted by atomic mass is 32.1. The topological polar surface area (TPSA) is 80.4 Å². The summed E-state index contributed by atoms with van der Waals surface area (Å²) in [6.45, 7) is 0.356. The monoisotopic (exact) mass is 334 g/mol. The molecule has 2 saturated heterocycles. The molecule has 1 aromatic carbocycles. The minimum Gasteiger partial charge on any atom is -0.497 e. The molecule has 0 unspecified atom stereocenters. The van der Waals surface area contributed by atoms with E-state index in [4.69, 9.17) is 26.4 Å². The largest absolute Gasteiger partial charge is 0.497 e. The van der Waals surface area contributed by atoms with Gasteiger partial charge in [0.05, 0.1) is 25.4 Å². The van der Waals surface area contributed by atoms with Gasteiger partial charge in [-0.15, -0.1) is 0 Å². The Morgan fingerprint density at radius 2 is 2.26 bits per heavy atom. The summed E-state index contributed by atoms with van der Waals surface area (Å²) < 4.78 is 19.6. The van der Waals surface area contributed by atoms with Gasteiger partial charge in [-0.2, -0.15) is 4.68 Å². The SMILES string of the molecule is COc1cccc(-n2nnn([C@@H]3CC(=O)[C@@H]4OC[C@H]3O4)c2=S)c1. The van der Waals surface area contributed by atoms with E-state index in [-0.39, 0.29) is 24.3 Å². The quantitative estimate of drug-likeness (QED) is 0.777. The average Bonchev–Trinajstić information content (AvgIpc) is 3.17. The molecule has 2 fully saturated rings. The first-order valence-corrected chi connectivity index (χ1v) is 7.57. The van der Waals surface area contributed by atoms with E-state index in [1.807, 2.05) is 24.3 Å². The van der Waals surface area contributed by atoms with E-state index in [2.05, 4.69) is 10.4 Å². The van der Waals surface area contributed by atoms with Crippen LogP contribution in [0.5, 0.6) is 5.75 Å². The van der Waals surface area contributed by atoms with Crippen LogP contribution in [0.25, 0.3) is 5.69 Å². The van der Waals surface area contributed by atoms with E-state index in [1.54, 1.807) is 11.8 Å². The Kier molecular flexibility index (Phi) is 3.47. The highest BCUT2D eigenvalue weighted by Gasteiger charge is 2.45. The average molecular weight is 334 g/mol. The number of hydrogen-bond acceptors (Lipinski definition) is 7. The van der Waals surface area contributed by atoms with Crippen molar-refractivity contribution in [2.75, 3.05) is 13.7 Å². The van der Waals surface area contributed by atoms with Crippen LogP contribution in [0.2, 0.25) is 0 Å². The summed E-state index contributed by atoms with van der Waals surface area (Å²) in [5.74, 6) is 0.601. The number of benzene rings is 1. The molecule has 23 heavy (non-hydrogen) atoms. The van der Waals surface area contributed by atoms with Gasteiger partial charge in [-0.05, 0) is 34.8 Å². The summed E-state index contributed by atoms with van der Waals surface area (Å²) in [7, 11) is 1.59. The number of hydrogen-bond donors (Lipinski definition) is 0. The number of aromatic nitrogens is 4. The maximum absolute atomic E-state index is 11.9. The number of Topliss-reactive ketones (excluding diaryl/α,β-unsaturated/α-hetero) is 1. The van der Waals surface area contributed by atoms with Gasteiger partial charge in [0, 0.05) is 12.5 Å². The van der Waals surface area contributed by atoms with Crippen LogP contribution in [0.3, 0.4) is 0 Å². The Bertz CT molecular complexity index is 817. The van der Waals surface area contributed by atoms with Gasteiger partial charge < -0.3 is 14.2 Å². The van der Waals surface area contributed by atoms with Crippen molar-refractivity contribution < 1.29 is 19.0 Å². The summed E-state index contributed by atoms with van der Waals surface area (Å²) in [5, 5.41) is 8.23. The van der Waals surface area contributed by atoms with E-state index >= 15 is 0 Å². The van der Waals surface area contributed by atoms with Gasteiger partial charge >= 0.3 is 0 Å². The van der Waals surface area contributed by atoms with Gasteiger partial charge in [0.15, 0.2) is 5.78 Å². The molecule has 8 nitrogen and oxygen atoms in total. The molecule has 0 spiro atoms. The molecule has 0 N–H and O–H groups in total. The van der Waals surface area contributed by atoms with Gasteiger partial charge in [-0.1, -0.05) is 6.07 Å². The fourth-order valence-corrected chi connectivity index (χ4v) is 3.15. The van der Waals surface area contributed by atoms with Gasteiger partial charge in [0.2, 0.25) is 11.1 Å². The van der Waals surface area contributed by atoms with Crippen LogP contribution in [0.4, 0.5) is 0 Å². The highest BCUT2D eigenvalue weighted by molar-refractivity contribution is 7.71. The fourth-order valence-electron chi connectivity index (χ4n) is 2.84. The van der Waals surface area contributed by atoms with Crippen molar-refractivity contribution >= 4 is 18.0 Å². The standard InChI is InChI=1S/C14H14N4O4S/c1-20-9-4-2-3-8(5-9)17-14(23)18(16-15-17)10-6-11(19)13-21-7-12(10)22-13/h2-5,10,12-13H,6-7H2,1H3/t10-,12-,13-/m1/s1. The van der Waals surface area contributed by atoms with Crippen molar-refractivity contribution in [3.05, 3.63) is 29.0 Å². The van der Waals surface area contributed by atoms with Crippen LogP contribution in [0, 0.1) is 4.77 Å². The van der Waals surface area contributed by atoms with Crippen molar-refractivity contribution in [3.63, 3.8) is 0 Å². The van der Waals surface area contributed by atoms with Crippen molar-refractivity contribution in [2.24, 2.45) is 0 Å². The molecule has 2 aliphatic heterocycles. The molecule has 2 bridgehead atoms. The second kappa shape index (κ2) is 5.52. The number of nitrogens with zero attached hydrogens (tertiary/aromatic N) is 4. The van der Waals surface area contributed by atoms with E-state index in [0.717, 1.165) is 5.69 Å². The first-order chi connectivity index (χ1) is 11.2. The summed E-state index contributed by atoms with van der Waals surface area (Å²) in [6.07, 6.45) is -0.695. The predicted molar refractivity (Wildman–Crippen MR) is 80.0 cm³/mol. The molecular weight excluding hydrogens is 320 g/mol. The van der Waals surface area contributed by atoms with Gasteiger partial charge in [0.1, 0.15) is 11.9 Å². The van der Waals surface area contributed by atoms with E-state index in [9.17, 15) is 4.79 Å². The van der Waals surface area contributed by atoms with E-state index < -0.39 is 6.29 Å². The summed E-state index contributed by atoms with van der Waals surface area (Å²) in [6, 6.07) is 7.05. The molecule has 4 rings (SSSR count). The van der Waals surface area contributed by atoms with Gasteiger partial charge in [0.25, 0.3) is 0 Å². The first kappa shape index (κ1) is 14.5. The highest BCUT2D eigenvalue weighted by Crippen LogP contribution is 2.32. The number of rotatable bonds is 3. The van der Waals surface area contributed by atoms with Crippen molar-refractivity contribution in [2.45, 2.75) is 24.9 Å². The number of methoxy groups -OCH3 is 1. The molecule has 9 heteroatoms. The van der Waals surface area contributed by atoms with E-state index in [0.29, 0.717) is 17.1 Å². The molecule has 0 amide bonds. The lowest BCUT2D eigenvalue weighted by atomic mass is 10.0. The number of tetrazole rings is 1. The summed E-state index contributed by atoms with van der Waals surface area (Å²) >= 11 is 5.47. The zero-order chi connectivity index (χ0) is 16.0. The maximum Gasteiger partial charge on any atom is 0.221 e. The van der Waals surface area contributed by atoms with Crippen LogP contribution < -0.4 is 4.74 Å². The van der Waals surface area contributed by atoms with Crippen LogP contribution in [-0.4, -0.2) is 51.7 Å². The zero-order valence-electron chi connectivity index (χ0n) is 12.3. The Hall–Kier alpha value is -2.10. The molecule has 3 atom stereocenters. The van der Waals surface area contributed by atoms with Crippen molar-refractivity contribution in [1.29, 1.82) is 0 Å². The van der Waals surface area contributed by atoms with Crippen LogP contribution in [-0.2, 0) is 14.3 Å². The number of carbonyl (C=O) groups excluding carboxylic acids is 1. The fraction of sp³-hybridized carbons (Fsp3) is 0.429. The molecule has 2 aliphatic rings. The first-order valence-electron chi connectivity index (χ1n) is 7.16. The van der Waals surface area contributed by atoms with Crippen molar-refractivity contribution in [3.8, 4) is 11.4 Å². The molecular formula is C14H14N4O4S. The lowest BCUT2D eigenvalue weighted by Gasteiger charge is -2.25. The maximum atomic E-state index is 11.9. The Balaban J connectivity index is 1.71. The minimum atomic E-state index is -0.737. The van der Waals surface area contributed by atoms with Crippen molar-refractivity contribution in [1.82, 2.24) is 19.8 Å². The molecule has 0 saturated carbocycles. The predicted octanol–water partition coefficient (Wildman–Crippen LogP) is 1.06. The number of ketones is 1. The number of fused-ring (bicyclic) bond motifs is 2. The summed E-state index contributed by atoms with van der Waals surface area (Å²) in [4.78, 5) is 11.9. The van der Waals surface area contributed by atoms with E-state index in [1.165, 1.54) is 4.68 Å². The molecule has 1 aromatic heterocycles. The Labute approximate surface area is 136 Å². The minimum absolute atomic E-state index is 0.0958. The number of ether oxygens (including phenoxy) is 3. The second-order valence-electron chi connectivity index (χ2n) is 5.40. The van der Waals surface area contributed by atoms with Crippen LogP contribution in [0.1, 0.15) is 12.5 Å². The molecule has 0 radical (unpaired) electrons. The zero-order valence-corrected chi connectivity index (χ0v) is 13.1. The lowest BCUT2D eigenvalue weighted by Crippen LogP contribution is -2.37. The molecule has 2 aromatic rings. The molecule has 120 valence electrons. The van der Waals surface area contributed by atoms with Gasteiger partial charge in [-0.3, -0.25) is 4.79 Å². The van der Waals surface area contributed by atoms with Crippen LogP contribution in [0.15, 0.2) is 24.3 Å². The smallest absolute Gasteiger partial charge is 0.221 e. The summed E-state index contributed by atoms with van der Waals surface area (Å²) in [5.41, 5.74) is 0.740.